The minimum Gasteiger partial charge on any atom is -0.114 e. The molecule has 0 aliphatic heterocycles. The Hall–Kier alpha value is -1.18. The summed E-state index contributed by atoms with van der Waals surface area (Å²) in [6.45, 7) is 3.90. The van der Waals surface area contributed by atoms with Gasteiger partial charge in [-0.1, -0.05) is 48.0 Å². The Kier molecular flexibility index (Phi) is 4.29. The van der Waals surface area contributed by atoms with Crippen LogP contribution in [-0.2, 0) is 0 Å². The van der Waals surface area contributed by atoms with Crippen molar-refractivity contribution in [2.24, 2.45) is 0 Å². The number of benzene rings is 2. The zero-order chi connectivity index (χ0) is 12.1. The van der Waals surface area contributed by atoms with E-state index in [4.69, 9.17) is 11.6 Å². The lowest BCUT2D eigenvalue weighted by Gasteiger charge is -2.12. The summed E-state index contributed by atoms with van der Waals surface area (Å²) in [4.78, 5) is 1.24. The van der Waals surface area contributed by atoms with Gasteiger partial charge in [-0.25, -0.2) is 0 Å². The van der Waals surface area contributed by atoms with Crippen LogP contribution in [0.3, 0.4) is 0 Å². The third kappa shape index (κ3) is 3.39. The number of halogens is 1. The number of hydrogen-bond acceptors (Lipinski definition) is 1. The molecule has 0 N–H and O–H groups in total. The maximum absolute atomic E-state index is 5.89. The summed E-state index contributed by atoms with van der Waals surface area (Å²) < 4.78 is 0. The minimum absolute atomic E-state index is 0.259. The van der Waals surface area contributed by atoms with Crippen LogP contribution in [0.1, 0.15) is 10.8 Å². The summed E-state index contributed by atoms with van der Waals surface area (Å²) in [7, 11) is 0. The Bertz CT molecular complexity index is 476. The first kappa shape index (κ1) is 12.3. The second-order valence-electron chi connectivity index (χ2n) is 3.64. The van der Waals surface area contributed by atoms with Gasteiger partial charge in [0.25, 0.3) is 0 Å². The lowest BCUT2D eigenvalue weighted by molar-refractivity contribution is 1.22. The predicted molar refractivity (Wildman–Crippen MR) is 76.7 cm³/mol. The van der Waals surface area contributed by atoms with Crippen molar-refractivity contribution in [3.05, 3.63) is 77.8 Å². The molecular weight excluding hydrogens is 248 g/mol. The standard InChI is InChI=1S/C15H13ClS/c1-2-15(12-8-10-13(16)11-9-12)17-14-6-4-3-5-7-14/h2-11,15H,1H2/t15-/m0/s1. The average molecular weight is 261 g/mol. The van der Waals surface area contributed by atoms with Crippen LogP contribution >= 0.6 is 23.4 Å². The Morgan fingerprint density at radius 1 is 1.00 bits per heavy atom. The smallest absolute Gasteiger partial charge is 0.0521 e. The molecule has 2 heteroatoms. The Morgan fingerprint density at radius 2 is 1.65 bits per heavy atom. The molecule has 0 heterocycles. The largest absolute Gasteiger partial charge is 0.114 e. The summed E-state index contributed by atoms with van der Waals surface area (Å²) in [5.74, 6) is 0. The number of rotatable bonds is 4. The van der Waals surface area contributed by atoms with Crippen LogP contribution in [0.2, 0.25) is 5.02 Å². The predicted octanol–water partition coefficient (Wildman–Crippen LogP) is 5.36. The van der Waals surface area contributed by atoms with E-state index in [0.717, 1.165) is 5.02 Å². The summed E-state index contributed by atoms with van der Waals surface area (Å²) in [6, 6.07) is 18.3. The van der Waals surface area contributed by atoms with E-state index in [-0.39, 0.29) is 5.25 Å². The topological polar surface area (TPSA) is 0 Å². The number of hydrogen-bond donors (Lipinski definition) is 0. The average Bonchev–Trinajstić information content (AvgIpc) is 2.38. The summed E-state index contributed by atoms with van der Waals surface area (Å²) in [5, 5.41) is 1.02. The molecule has 0 aromatic heterocycles. The fraction of sp³-hybridized carbons (Fsp3) is 0.0667. The van der Waals surface area contributed by atoms with Crippen LogP contribution in [0.4, 0.5) is 0 Å². The van der Waals surface area contributed by atoms with E-state index in [9.17, 15) is 0 Å². The lowest BCUT2D eigenvalue weighted by atomic mass is 10.1. The molecule has 0 saturated carbocycles. The van der Waals surface area contributed by atoms with Crippen LogP contribution in [-0.4, -0.2) is 0 Å². The van der Waals surface area contributed by atoms with Gasteiger partial charge in [0.1, 0.15) is 0 Å². The Morgan fingerprint density at radius 3 is 2.24 bits per heavy atom. The molecule has 0 aliphatic carbocycles. The molecule has 0 nitrogen and oxygen atoms in total. The van der Waals surface area contributed by atoms with Gasteiger partial charge >= 0.3 is 0 Å². The molecule has 0 spiro atoms. The second kappa shape index (κ2) is 5.95. The molecule has 0 saturated heterocycles. The maximum atomic E-state index is 5.89. The molecule has 17 heavy (non-hydrogen) atoms. The van der Waals surface area contributed by atoms with Gasteiger partial charge in [0.15, 0.2) is 0 Å². The molecule has 2 rings (SSSR count). The molecule has 2 aromatic carbocycles. The Balaban J connectivity index is 2.17. The molecule has 0 unspecified atom stereocenters. The van der Waals surface area contributed by atoms with Crippen LogP contribution in [0.15, 0.2) is 72.1 Å². The van der Waals surface area contributed by atoms with Gasteiger partial charge in [0, 0.05) is 9.92 Å². The highest BCUT2D eigenvalue weighted by Gasteiger charge is 2.08. The first-order chi connectivity index (χ1) is 8.29. The third-order valence-corrected chi connectivity index (χ3v) is 3.93. The molecule has 0 radical (unpaired) electrons. The summed E-state index contributed by atoms with van der Waals surface area (Å²) >= 11 is 7.67. The van der Waals surface area contributed by atoms with E-state index in [1.807, 2.05) is 48.5 Å². The summed E-state index contributed by atoms with van der Waals surface area (Å²) in [5.41, 5.74) is 1.22. The monoisotopic (exact) mass is 260 g/mol. The van der Waals surface area contributed by atoms with Crippen LogP contribution < -0.4 is 0 Å². The zero-order valence-corrected chi connectivity index (χ0v) is 10.9. The van der Waals surface area contributed by atoms with Crippen molar-refractivity contribution in [1.29, 1.82) is 0 Å². The first-order valence-electron chi connectivity index (χ1n) is 5.39. The van der Waals surface area contributed by atoms with E-state index in [2.05, 4.69) is 18.7 Å². The van der Waals surface area contributed by atoms with Crippen LogP contribution in [0.25, 0.3) is 0 Å². The molecule has 0 fully saturated rings. The van der Waals surface area contributed by atoms with Gasteiger partial charge in [0.2, 0.25) is 0 Å². The third-order valence-electron chi connectivity index (χ3n) is 2.42. The highest BCUT2D eigenvalue weighted by atomic mass is 35.5. The van der Waals surface area contributed by atoms with Gasteiger partial charge in [-0.05, 0) is 29.8 Å². The van der Waals surface area contributed by atoms with E-state index < -0.39 is 0 Å². The second-order valence-corrected chi connectivity index (χ2v) is 5.29. The van der Waals surface area contributed by atoms with Gasteiger partial charge < -0.3 is 0 Å². The van der Waals surface area contributed by atoms with E-state index in [1.165, 1.54) is 10.5 Å². The van der Waals surface area contributed by atoms with E-state index >= 15 is 0 Å². The normalized spacial score (nSPS) is 12.1. The van der Waals surface area contributed by atoms with Crippen molar-refractivity contribution in [3.63, 3.8) is 0 Å². The molecule has 86 valence electrons. The highest BCUT2D eigenvalue weighted by Crippen LogP contribution is 2.36. The van der Waals surface area contributed by atoms with Crippen LogP contribution in [0, 0.1) is 0 Å². The number of thioether (sulfide) groups is 1. The van der Waals surface area contributed by atoms with Crippen molar-refractivity contribution in [2.45, 2.75) is 10.1 Å². The zero-order valence-electron chi connectivity index (χ0n) is 9.34. The van der Waals surface area contributed by atoms with Gasteiger partial charge in [0.05, 0.1) is 5.25 Å². The van der Waals surface area contributed by atoms with Crippen LogP contribution in [0.5, 0.6) is 0 Å². The van der Waals surface area contributed by atoms with Gasteiger partial charge in [-0.2, -0.15) is 0 Å². The molecule has 0 amide bonds. The van der Waals surface area contributed by atoms with Crippen molar-refractivity contribution in [1.82, 2.24) is 0 Å². The van der Waals surface area contributed by atoms with Crippen molar-refractivity contribution in [3.8, 4) is 0 Å². The quantitative estimate of drug-likeness (QED) is 0.527. The highest BCUT2D eigenvalue weighted by molar-refractivity contribution is 7.99. The van der Waals surface area contributed by atoms with Crippen molar-refractivity contribution in [2.75, 3.05) is 0 Å². The minimum atomic E-state index is 0.259. The van der Waals surface area contributed by atoms with E-state index in [0.29, 0.717) is 0 Å². The van der Waals surface area contributed by atoms with E-state index in [1.54, 1.807) is 11.8 Å². The first-order valence-corrected chi connectivity index (χ1v) is 6.65. The fourth-order valence-electron chi connectivity index (χ4n) is 1.55. The maximum Gasteiger partial charge on any atom is 0.0521 e. The molecule has 0 aliphatic rings. The van der Waals surface area contributed by atoms with Crippen molar-refractivity contribution < 1.29 is 0 Å². The SMILES string of the molecule is C=C[C@H](Sc1ccccc1)c1ccc(Cl)cc1. The molecule has 0 bridgehead atoms. The van der Waals surface area contributed by atoms with Crippen molar-refractivity contribution >= 4 is 23.4 Å². The summed E-state index contributed by atoms with van der Waals surface area (Å²) in [6.07, 6.45) is 1.96. The lowest BCUT2D eigenvalue weighted by Crippen LogP contribution is -1.89. The Labute approximate surface area is 111 Å². The van der Waals surface area contributed by atoms with Gasteiger partial charge in [-0.3, -0.25) is 0 Å². The fourth-order valence-corrected chi connectivity index (χ4v) is 2.67. The molecule has 1 atom stereocenters. The van der Waals surface area contributed by atoms with Gasteiger partial charge in [-0.15, -0.1) is 18.3 Å². The molecular formula is C15H13ClS. The molecule has 2 aromatic rings.